The first-order chi connectivity index (χ1) is 8.81. The summed E-state index contributed by atoms with van der Waals surface area (Å²) in [7, 11) is 0.814. The maximum absolute atomic E-state index is 12.5. The SMILES string of the molecule is COC(=O)C(=NC(O)(C(=O)OC)C(F)(F)F)C(F)(F)F. The number of esters is 2. The molecule has 20 heavy (non-hydrogen) atoms. The number of carbonyl (C=O) groups excluding carboxylic acids is 2. The van der Waals surface area contributed by atoms with Crippen LogP contribution in [0.1, 0.15) is 0 Å². The van der Waals surface area contributed by atoms with Crippen molar-refractivity contribution in [1.29, 1.82) is 0 Å². The minimum absolute atomic E-state index is 0.375. The Morgan fingerprint density at radius 3 is 1.70 bits per heavy atom. The summed E-state index contributed by atoms with van der Waals surface area (Å²) < 4.78 is 81.7. The number of rotatable bonds is 3. The van der Waals surface area contributed by atoms with Gasteiger partial charge in [0.15, 0.2) is 0 Å². The summed E-state index contributed by atoms with van der Waals surface area (Å²) in [6.45, 7) is 0. The highest BCUT2D eigenvalue weighted by Crippen LogP contribution is 2.34. The molecular formula is C8H7F6NO5. The van der Waals surface area contributed by atoms with Gasteiger partial charge in [0.2, 0.25) is 5.71 Å². The van der Waals surface area contributed by atoms with Gasteiger partial charge in [-0.3, -0.25) is 0 Å². The summed E-state index contributed by atoms with van der Waals surface area (Å²) >= 11 is 0. The summed E-state index contributed by atoms with van der Waals surface area (Å²) in [6.07, 6.45) is -11.6. The van der Waals surface area contributed by atoms with E-state index in [0.29, 0.717) is 14.2 Å². The number of aliphatic imine (C=N–C) groups is 1. The zero-order valence-electron chi connectivity index (χ0n) is 9.80. The Balaban J connectivity index is 6.13. The smallest absolute Gasteiger partial charge is 0.450 e. The predicted molar refractivity (Wildman–Crippen MR) is 48.5 cm³/mol. The van der Waals surface area contributed by atoms with Crippen LogP contribution in [-0.4, -0.2) is 55.1 Å². The van der Waals surface area contributed by atoms with Crippen LogP contribution < -0.4 is 0 Å². The molecule has 0 radical (unpaired) electrons. The van der Waals surface area contributed by atoms with E-state index in [0.717, 1.165) is 0 Å². The van der Waals surface area contributed by atoms with E-state index in [1.807, 2.05) is 0 Å². The minimum atomic E-state index is -5.95. The molecule has 0 aliphatic heterocycles. The van der Waals surface area contributed by atoms with Crippen molar-refractivity contribution in [2.75, 3.05) is 14.2 Å². The lowest BCUT2D eigenvalue weighted by Crippen LogP contribution is -2.53. The second kappa shape index (κ2) is 5.64. The van der Waals surface area contributed by atoms with Crippen molar-refractivity contribution in [1.82, 2.24) is 0 Å². The molecule has 6 nitrogen and oxygen atoms in total. The van der Waals surface area contributed by atoms with Crippen molar-refractivity contribution in [3.8, 4) is 0 Å². The molecular weight excluding hydrogens is 304 g/mol. The highest BCUT2D eigenvalue weighted by atomic mass is 19.4. The molecule has 0 amide bonds. The number of ether oxygens (including phenoxy) is 2. The third kappa shape index (κ3) is 3.59. The van der Waals surface area contributed by atoms with Gasteiger partial charge in [0.05, 0.1) is 14.2 Å². The molecule has 0 saturated heterocycles. The van der Waals surface area contributed by atoms with Crippen LogP contribution in [0, 0.1) is 0 Å². The van der Waals surface area contributed by atoms with E-state index >= 15 is 0 Å². The van der Waals surface area contributed by atoms with Crippen molar-refractivity contribution in [2.24, 2.45) is 4.99 Å². The topological polar surface area (TPSA) is 85.2 Å². The number of hydrogen-bond donors (Lipinski definition) is 1. The van der Waals surface area contributed by atoms with E-state index < -0.39 is 35.7 Å². The van der Waals surface area contributed by atoms with E-state index in [9.17, 15) is 35.9 Å². The third-order valence-electron chi connectivity index (χ3n) is 1.79. The van der Waals surface area contributed by atoms with Gasteiger partial charge in [-0.15, -0.1) is 0 Å². The molecule has 12 heteroatoms. The van der Waals surface area contributed by atoms with Gasteiger partial charge in [-0.1, -0.05) is 0 Å². The molecule has 0 aromatic carbocycles. The van der Waals surface area contributed by atoms with Gasteiger partial charge in [-0.25, -0.2) is 14.6 Å². The van der Waals surface area contributed by atoms with Gasteiger partial charge in [0.1, 0.15) is 0 Å². The first-order valence-corrected chi connectivity index (χ1v) is 4.44. The number of alkyl halides is 6. The Morgan fingerprint density at radius 2 is 1.45 bits per heavy atom. The number of carbonyl (C=O) groups is 2. The molecule has 0 fully saturated rings. The van der Waals surface area contributed by atoms with Crippen molar-refractivity contribution >= 4 is 17.7 Å². The molecule has 0 aromatic rings. The lowest BCUT2D eigenvalue weighted by molar-refractivity contribution is -0.259. The molecule has 0 aliphatic rings. The lowest BCUT2D eigenvalue weighted by atomic mass is 10.2. The normalized spacial score (nSPS) is 16.4. The number of methoxy groups -OCH3 is 2. The average molecular weight is 311 g/mol. The zero-order valence-corrected chi connectivity index (χ0v) is 9.80. The zero-order chi connectivity index (χ0) is 16.4. The van der Waals surface area contributed by atoms with Gasteiger partial charge < -0.3 is 14.6 Å². The van der Waals surface area contributed by atoms with E-state index in [1.54, 1.807) is 4.99 Å². The molecule has 0 bridgehead atoms. The molecule has 0 rings (SSSR count). The summed E-state index contributed by atoms with van der Waals surface area (Å²) in [6, 6.07) is 0. The molecule has 0 saturated carbocycles. The Morgan fingerprint density at radius 1 is 1.00 bits per heavy atom. The molecule has 1 atom stereocenters. The lowest BCUT2D eigenvalue weighted by Gasteiger charge is -2.24. The third-order valence-corrected chi connectivity index (χ3v) is 1.79. The van der Waals surface area contributed by atoms with E-state index in [1.165, 1.54) is 0 Å². The van der Waals surface area contributed by atoms with Gasteiger partial charge in [0, 0.05) is 0 Å². The van der Waals surface area contributed by atoms with E-state index in [4.69, 9.17) is 5.11 Å². The maximum atomic E-state index is 12.5. The molecule has 0 spiro atoms. The van der Waals surface area contributed by atoms with Gasteiger partial charge in [-0.05, 0) is 0 Å². The molecule has 116 valence electrons. The van der Waals surface area contributed by atoms with Crippen molar-refractivity contribution < 1.29 is 50.5 Å². The fourth-order valence-electron chi connectivity index (χ4n) is 0.850. The Hall–Kier alpha value is -1.85. The summed E-state index contributed by atoms with van der Waals surface area (Å²) in [5.41, 5.74) is -7.63. The monoisotopic (exact) mass is 311 g/mol. The molecule has 0 heterocycles. The molecule has 1 unspecified atom stereocenters. The Labute approximate surface area is 107 Å². The fourth-order valence-corrected chi connectivity index (χ4v) is 0.850. The van der Waals surface area contributed by atoms with Crippen LogP contribution in [0.2, 0.25) is 0 Å². The van der Waals surface area contributed by atoms with Crippen molar-refractivity contribution in [3.63, 3.8) is 0 Å². The second-order valence-electron chi connectivity index (χ2n) is 3.11. The van der Waals surface area contributed by atoms with E-state index in [-0.39, 0.29) is 0 Å². The van der Waals surface area contributed by atoms with Gasteiger partial charge >= 0.3 is 30.0 Å². The summed E-state index contributed by atoms with van der Waals surface area (Å²) in [4.78, 5) is 23.4. The first-order valence-electron chi connectivity index (χ1n) is 4.44. The minimum Gasteiger partial charge on any atom is -0.465 e. The molecule has 0 aliphatic carbocycles. The summed E-state index contributed by atoms with van der Waals surface area (Å²) in [5.74, 6) is -4.86. The molecule has 0 aromatic heterocycles. The van der Waals surface area contributed by atoms with Crippen molar-refractivity contribution in [2.45, 2.75) is 18.1 Å². The van der Waals surface area contributed by atoms with Crippen LogP contribution >= 0.6 is 0 Å². The van der Waals surface area contributed by atoms with Gasteiger partial charge in [-0.2, -0.15) is 26.3 Å². The van der Waals surface area contributed by atoms with Crippen LogP contribution in [0.15, 0.2) is 4.99 Å². The highest BCUT2D eigenvalue weighted by molar-refractivity contribution is 6.39. The second-order valence-corrected chi connectivity index (χ2v) is 3.11. The largest absolute Gasteiger partial charge is 0.465 e. The number of aliphatic hydroxyl groups is 1. The van der Waals surface area contributed by atoms with Crippen LogP contribution in [0.4, 0.5) is 26.3 Å². The maximum Gasteiger partial charge on any atom is 0.450 e. The van der Waals surface area contributed by atoms with Crippen molar-refractivity contribution in [3.05, 3.63) is 0 Å². The van der Waals surface area contributed by atoms with Crippen LogP contribution in [-0.2, 0) is 19.1 Å². The van der Waals surface area contributed by atoms with Crippen LogP contribution in [0.5, 0.6) is 0 Å². The summed E-state index contributed by atoms with van der Waals surface area (Å²) in [5, 5.41) is 9.00. The first kappa shape index (κ1) is 18.1. The fraction of sp³-hybridized carbons (Fsp3) is 0.625. The van der Waals surface area contributed by atoms with Crippen LogP contribution in [0.25, 0.3) is 0 Å². The van der Waals surface area contributed by atoms with Gasteiger partial charge in [0.25, 0.3) is 0 Å². The number of halogens is 6. The average Bonchev–Trinajstić information content (AvgIpc) is 2.30. The van der Waals surface area contributed by atoms with Crippen LogP contribution in [0.3, 0.4) is 0 Å². The standard InChI is InChI=1S/C8H7F6NO5/c1-19-4(16)3(7(9,10)11)15-6(18,5(17)20-2)8(12,13)14/h18H,1-2H3. The number of nitrogens with zero attached hydrogens (tertiary/aromatic N) is 1. The Bertz CT molecular complexity index is 428. The molecule has 1 N–H and O–H groups in total. The predicted octanol–water partition coefficient (Wildman–Crippen LogP) is 0.587. The Kier molecular flexibility index (Phi) is 5.12. The van der Waals surface area contributed by atoms with E-state index in [2.05, 4.69) is 9.47 Å². The quantitative estimate of drug-likeness (QED) is 0.468. The number of hydrogen-bond acceptors (Lipinski definition) is 6. The highest BCUT2D eigenvalue weighted by Gasteiger charge is 2.63.